The minimum Gasteiger partial charge on any atom is -0.391 e. The van der Waals surface area contributed by atoms with E-state index in [1.165, 1.54) is 0 Å². The van der Waals surface area contributed by atoms with Gasteiger partial charge in [0.25, 0.3) is 0 Å². The van der Waals surface area contributed by atoms with E-state index >= 15 is 0 Å². The highest BCUT2D eigenvalue weighted by molar-refractivity contribution is 5.88. The molecular weight excluding hydrogens is 270 g/mol. The van der Waals surface area contributed by atoms with Gasteiger partial charge >= 0.3 is 6.03 Å². The third-order valence-corrected chi connectivity index (χ3v) is 3.56. The second-order valence-electron chi connectivity index (χ2n) is 6.31. The van der Waals surface area contributed by atoms with Crippen LogP contribution in [-0.2, 0) is 5.41 Å². The van der Waals surface area contributed by atoms with Crippen molar-refractivity contribution in [1.82, 2.24) is 10.5 Å². The molecule has 0 aliphatic heterocycles. The summed E-state index contributed by atoms with van der Waals surface area (Å²) in [5, 5.41) is 19.0. The molecule has 0 aliphatic rings. The average molecular weight is 297 g/mol. The first-order chi connectivity index (χ1) is 9.77. The summed E-state index contributed by atoms with van der Waals surface area (Å²) in [5.41, 5.74) is -0.158. The number of nitrogens with zero attached hydrogens (tertiary/aromatic N) is 1. The van der Waals surface area contributed by atoms with Crippen molar-refractivity contribution in [2.45, 2.75) is 59.0 Å². The van der Waals surface area contributed by atoms with Crippen LogP contribution in [0.1, 0.15) is 53.2 Å². The highest BCUT2D eigenvalue weighted by Crippen LogP contribution is 2.24. The van der Waals surface area contributed by atoms with Crippen LogP contribution in [0.15, 0.2) is 10.6 Å². The Hall–Kier alpha value is -1.56. The molecule has 120 valence electrons. The van der Waals surface area contributed by atoms with E-state index in [2.05, 4.69) is 15.8 Å². The van der Waals surface area contributed by atoms with Gasteiger partial charge in [-0.05, 0) is 5.92 Å². The van der Waals surface area contributed by atoms with Crippen LogP contribution < -0.4 is 10.6 Å². The minimum absolute atomic E-state index is 0.158. The van der Waals surface area contributed by atoms with Crippen molar-refractivity contribution in [3.63, 3.8) is 0 Å². The van der Waals surface area contributed by atoms with Crippen LogP contribution in [-0.4, -0.2) is 28.9 Å². The van der Waals surface area contributed by atoms with E-state index in [9.17, 15) is 9.90 Å². The number of hydrogen-bond donors (Lipinski definition) is 3. The highest BCUT2D eigenvalue weighted by Gasteiger charge is 2.21. The van der Waals surface area contributed by atoms with E-state index in [-0.39, 0.29) is 17.9 Å². The van der Waals surface area contributed by atoms with E-state index in [4.69, 9.17) is 4.52 Å². The molecule has 1 aromatic rings. The van der Waals surface area contributed by atoms with Crippen LogP contribution >= 0.6 is 0 Å². The summed E-state index contributed by atoms with van der Waals surface area (Å²) in [7, 11) is 0. The highest BCUT2D eigenvalue weighted by atomic mass is 16.5. The fourth-order valence-corrected chi connectivity index (χ4v) is 2.04. The van der Waals surface area contributed by atoms with E-state index in [0.717, 1.165) is 12.8 Å². The molecule has 0 saturated heterocycles. The Morgan fingerprint density at radius 2 is 2.00 bits per heavy atom. The number of aliphatic hydroxyl groups is 1. The molecule has 21 heavy (non-hydrogen) atoms. The summed E-state index contributed by atoms with van der Waals surface area (Å²) in [5.74, 6) is 1.27. The van der Waals surface area contributed by atoms with Gasteiger partial charge in [0.1, 0.15) is 5.76 Å². The molecule has 6 nitrogen and oxygen atoms in total. The molecule has 0 saturated carbocycles. The number of urea groups is 1. The van der Waals surface area contributed by atoms with Gasteiger partial charge in [-0.3, -0.25) is 5.32 Å². The standard InChI is InChI=1S/C15H27N3O3/c1-6-10(7-2)11(19)9-16-14(20)17-13-8-12(21-18-13)15(3,4)5/h8,10-11,19H,6-7,9H2,1-5H3,(H2,16,17,18,20). The predicted molar refractivity (Wildman–Crippen MR) is 82.3 cm³/mol. The Bertz CT molecular complexity index is 447. The molecule has 6 heteroatoms. The summed E-state index contributed by atoms with van der Waals surface area (Å²) in [4.78, 5) is 11.8. The third kappa shape index (κ3) is 5.38. The molecule has 0 aromatic carbocycles. The second-order valence-corrected chi connectivity index (χ2v) is 6.31. The van der Waals surface area contributed by atoms with Gasteiger partial charge in [0.15, 0.2) is 5.82 Å². The Kier molecular flexibility index (Phi) is 6.20. The Morgan fingerprint density at radius 1 is 1.38 bits per heavy atom. The van der Waals surface area contributed by atoms with Gasteiger partial charge in [-0.1, -0.05) is 52.6 Å². The van der Waals surface area contributed by atoms with Crippen LogP contribution in [0.4, 0.5) is 10.6 Å². The van der Waals surface area contributed by atoms with Gasteiger partial charge in [0.05, 0.1) is 6.10 Å². The van der Waals surface area contributed by atoms with Crippen molar-refractivity contribution < 1.29 is 14.4 Å². The van der Waals surface area contributed by atoms with E-state index in [1.54, 1.807) is 6.07 Å². The zero-order valence-electron chi connectivity index (χ0n) is 13.6. The van der Waals surface area contributed by atoms with Crippen molar-refractivity contribution in [3.8, 4) is 0 Å². The lowest BCUT2D eigenvalue weighted by Gasteiger charge is -2.20. The summed E-state index contributed by atoms with van der Waals surface area (Å²) >= 11 is 0. The number of hydrogen-bond acceptors (Lipinski definition) is 4. The molecule has 0 fully saturated rings. The molecule has 0 spiro atoms. The van der Waals surface area contributed by atoms with E-state index < -0.39 is 12.1 Å². The van der Waals surface area contributed by atoms with Crippen LogP contribution in [0.2, 0.25) is 0 Å². The van der Waals surface area contributed by atoms with Crippen molar-refractivity contribution in [1.29, 1.82) is 0 Å². The number of nitrogens with one attached hydrogen (secondary N) is 2. The van der Waals surface area contributed by atoms with Crippen LogP contribution in [0.25, 0.3) is 0 Å². The number of aliphatic hydroxyl groups excluding tert-OH is 1. The Labute approximate surface area is 126 Å². The molecule has 0 aliphatic carbocycles. The SMILES string of the molecule is CCC(CC)C(O)CNC(=O)Nc1cc(C(C)(C)C)on1. The number of carbonyl (C=O) groups is 1. The fraction of sp³-hybridized carbons (Fsp3) is 0.733. The van der Waals surface area contributed by atoms with Gasteiger partial charge in [-0.15, -0.1) is 0 Å². The quantitative estimate of drug-likeness (QED) is 0.753. The van der Waals surface area contributed by atoms with Crippen molar-refractivity contribution in [2.75, 3.05) is 11.9 Å². The van der Waals surface area contributed by atoms with Crippen LogP contribution in [0, 0.1) is 5.92 Å². The third-order valence-electron chi connectivity index (χ3n) is 3.56. The number of aromatic nitrogens is 1. The maximum atomic E-state index is 11.8. The fourth-order valence-electron chi connectivity index (χ4n) is 2.04. The molecule has 1 heterocycles. The summed E-state index contributed by atoms with van der Waals surface area (Å²) < 4.78 is 5.19. The first-order valence-corrected chi connectivity index (χ1v) is 7.48. The van der Waals surface area contributed by atoms with Gasteiger partial charge < -0.3 is 14.9 Å². The maximum absolute atomic E-state index is 11.8. The molecular formula is C15H27N3O3. The minimum atomic E-state index is -0.534. The molecule has 3 N–H and O–H groups in total. The second kappa shape index (κ2) is 7.45. The van der Waals surface area contributed by atoms with E-state index in [0.29, 0.717) is 11.6 Å². The zero-order valence-corrected chi connectivity index (χ0v) is 13.6. The van der Waals surface area contributed by atoms with Gasteiger partial charge in [-0.2, -0.15) is 0 Å². The Morgan fingerprint density at radius 3 is 2.48 bits per heavy atom. The number of carbonyl (C=O) groups excluding carboxylic acids is 1. The molecule has 1 aromatic heterocycles. The van der Waals surface area contributed by atoms with Crippen molar-refractivity contribution >= 4 is 11.8 Å². The summed E-state index contributed by atoms with van der Waals surface area (Å²) in [6.07, 6.45) is 1.24. The number of anilines is 1. The summed E-state index contributed by atoms with van der Waals surface area (Å²) in [6.45, 7) is 10.3. The number of amides is 2. The predicted octanol–water partition coefficient (Wildman–Crippen LogP) is 2.89. The summed E-state index contributed by atoms with van der Waals surface area (Å²) in [6, 6.07) is 1.31. The van der Waals surface area contributed by atoms with Gasteiger partial charge in [0, 0.05) is 18.0 Å². The molecule has 2 amide bonds. The number of rotatable bonds is 6. The average Bonchev–Trinajstić information content (AvgIpc) is 2.86. The van der Waals surface area contributed by atoms with Crippen LogP contribution in [0.3, 0.4) is 0 Å². The van der Waals surface area contributed by atoms with Crippen LogP contribution in [0.5, 0.6) is 0 Å². The lowest BCUT2D eigenvalue weighted by Crippen LogP contribution is -2.38. The Balaban J connectivity index is 2.46. The largest absolute Gasteiger partial charge is 0.391 e. The molecule has 1 rings (SSSR count). The topological polar surface area (TPSA) is 87.4 Å². The van der Waals surface area contributed by atoms with Crippen molar-refractivity contribution in [3.05, 3.63) is 11.8 Å². The molecule has 0 bridgehead atoms. The monoisotopic (exact) mass is 297 g/mol. The smallest absolute Gasteiger partial charge is 0.320 e. The van der Waals surface area contributed by atoms with E-state index in [1.807, 2.05) is 34.6 Å². The normalized spacial score (nSPS) is 13.3. The molecule has 1 unspecified atom stereocenters. The lowest BCUT2D eigenvalue weighted by molar-refractivity contribution is 0.104. The molecule has 0 radical (unpaired) electrons. The van der Waals surface area contributed by atoms with Gasteiger partial charge in [-0.25, -0.2) is 4.79 Å². The zero-order chi connectivity index (χ0) is 16.0. The first kappa shape index (κ1) is 17.5. The molecule has 1 atom stereocenters. The maximum Gasteiger partial charge on any atom is 0.320 e. The van der Waals surface area contributed by atoms with Crippen molar-refractivity contribution in [2.24, 2.45) is 5.92 Å². The first-order valence-electron chi connectivity index (χ1n) is 7.48. The lowest BCUT2D eigenvalue weighted by atomic mass is 9.93. The van der Waals surface area contributed by atoms with Gasteiger partial charge in [0.2, 0.25) is 0 Å².